The van der Waals surface area contributed by atoms with E-state index in [2.05, 4.69) is 21.2 Å². The number of amides is 1. The first kappa shape index (κ1) is 14.5. The second kappa shape index (κ2) is 6.39. The Morgan fingerprint density at radius 1 is 1.50 bits per heavy atom. The summed E-state index contributed by atoms with van der Waals surface area (Å²) in [5, 5.41) is 11.3. The van der Waals surface area contributed by atoms with Gasteiger partial charge in [0.05, 0.1) is 5.56 Å². The van der Waals surface area contributed by atoms with Crippen LogP contribution in [0.1, 0.15) is 30.1 Å². The van der Waals surface area contributed by atoms with Crippen molar-refractivity contribution in [2.24, 2.45) is 0 Å². The summed E-state index contributed by atoms with van der Waals surface area (Å²) in [6.45, 7) is 1.76. The lowest BCUT2D eigenvalue weighted by Gasteiger charge is -2.13. The third-order valence-corrected chi connectivity index (χ3v) is 2.92. The van der Waals surface area contributed by atoms with Crippen molar-refractivity contribution in [2.75, 3.05) is 5.73 Å². The van der Waals surface area contributed by atoms with Crippen LogP contribution in [0.4, 0.5) is 5.69 Å². The van der Waals surface area contributed by atoms with Crippen LogP contribution in [-0.4, -0.2) is 23.0 Å². The Hall–Kier alpha value is -1.56. The summed E-state index contributed by atoms with van der Waals surface area (Å²) in [6, 6.07) is 4.79. The van der Waals surface area contributed by atoms with E-state index < -0.39 is 5.97 Å². The molecule has 0 aliphatic heterocycles. The van der Waals surface area contributed by atoms with E-state index in [1.54, 1.807) is 25.1 Å². The number of nitrogen functional groups attached to an aromatic ring is 1. The Bertz CT molecular complexity index is 463. The van der Waals surface area contributed by atoms with Crippen molar-refractivity contribution in [2.45, 2.75) is 25.8 Å². The van der Waals surface area contributed by atoms with Crippen LogP contribution in [0.2, 0.25) is 0 Å². The van der Waals surface area contributed by atoms with Crippen LogP contribution in [-0.2, 0) is 4.79 Å². The molecule has 0 aliphatic rings. The van der Waals surface area contributed by atoms with Gasteiger partial charge in [0.25, 0.3) is 5.91 Å². The molecule has 0 saturated carbocycles. The zero-order valence-corrected chi connectivity index (χ0v) is 11.5. The number of carboxylic acids is 1. The van der Waals surface area contributed by atoms with E-state index in [9.17, 15) is 9.59 Å². The van der Waals surface area contributed by atoms with Crippen molar-refractivity contribution < 1.29 is 14.7 Å². The fourth-order valence-corrected chi connectivity index (χ4v) is 1.83. The Labute approximate surface area is 113 Å². The highest BCUT2D eigenvalue weighted by molar-refractivity contribution is 9.10. The molecule has 98 valence electrons. The minimum Gasteiger partial charge on any atom is -0.481 e. The maximum Gasteiger partial charge on any atom is 0.303 e. The Morgan fingerprint density at radius 3 is 2.72 bits per heavy atom. The van der Waals surface area contributed by atoms with Crippen molar-refractivity contribution in [3.05, 3.63) is 28.2 Å². The Balaban J connectivity index is 2.62. The van der Waals surface area contributed by atoms with Crippen LogP contribution >= 0.6 is 15.9 Å². The molecule has 0 fully saturated rings. The predicted molar refractivity (Wildman–Crippen MR) is 72.4 cm³/mol. The molecular weight excluding hydrogens is 300 g/mol. The SMILES string of the molecule is CC(CCC(=O)O)NC(=O)c1ccc(Br)cc1N. The highest BCUT2D eigenvalue weighted by Crippen LogP contribution is 2.18. The van der Waals surface area contributed by atoms with E-state index in [4.69, 9.17) is 10.8 Å². The molecule has 0 aromatic heterocycles. The summed E-state index contributed by atoms with van der Waals surface area (Å²) in [4.78, 5) is 22.3. The number of aliphatic carboxylic acids is 1. The van der Waals surface area contributed by atoms with Crippen LogP contribution in [0.25, 0.3) is 0 Å². The molecule has 0 radical (unpaired) electrons. The molecule has 0 spiro atoms. The number of benzene rings is 1. The van der Waals surface area contributed by atoms with Gasteiger partial charge in [-0.05, 0) is 31.5 Å². The molecule has 6 heteroatoms. The van der Waals surface area contributed by atoms with Gasteiger partial charge in [0.2, 0.25) is 0 Å². The molecular formula is C12H15BrN2O3. The third kappa shape index (κ3) is 4.37. The average molecular weight is 315 g/mol. The van der Waals surface area contributed by atoms with E-state index in [1.165, 1.54) is 0 Å². The van der Waals surface area contributed by atoms with E-state index in [0.29, 0.717) is 17.7 Å². The fraction of sp³-hybridized carbons (Fsp3) is 0.333. The van der Waals surface area contributed by atoms with E-state index >= 15 is 0 Å². The van der Waals surface area contributed by atoms with Crippen molar-refractivity contribution in [3.8, 4) is 0 Å². The second-order valence-corrected chi connectivity index (χ2v) is 4.95. The van der Waals surface area contributed by atoms with Gasteiger partial charge in [-0.15, -0.1) is 0 Å². The first-order valence-electron chi connectivity index (χ1n) is 5.48. The molecule has 1 aromatic rings. The van der Waals surface area contributed by atoms with Gasteiger partial charge < -0.3 is 16.2 Å². The maximum absolute atomic E-state index is 11.9. The first-order valence-corrected chi connectivity index (χ1v) is 6.27. The van der Waals surface area contributed by atoms with Crippen LogP contribution in [0.3, 0.4) is 0 Å². The first-order chi connectivity index (χ1) is 8.40. The average Bonchev–Trinajstić information content (AvgIpc) is 2.26. The number of carbonyl (C=O) groups is 2. The molecule has 0 aliphatic carbocycles. The van der Waals surface area contributed by atoms with Crippen molar-refractivity contribution in [3.63, 3.8) is 0 Å². The van der Waals surface area contributed by atoms with Gasteiger partial charge in [0.15, 0.2) is 0 Å². The lowest BCUT2D eigenvalue weighted by Crippen LogP contribution is -2.33. The molecule has 1 amide bonds. The van der Waals surface area contributed by atoms with Crippen molar-refractivity contribution in [1.82, 2.24) is 5.32 Å². The minimum absolute atomic E-state index is 0.0251. The van der Waals surface area contributed by atoms with Gasteiger partial charge in [-0.25, -0.2) is 0 Å². The molecule has 0 saturated heterocycles. The highest BCUT2D eigenvalue weighted by atomic mass is 79.9. The standard InChI is InChI=1S/C12H15BrN2O3/c1-7(2-5-11(16)17)15-12(18)9-4-3-8(13)6-10(9)14/h3-4,6-7H,2,5,14H2,1H3,(H,15,18)(H,16,17). The van der Waals surface area contributed by atoms with E-state index in [-0.39, 0.29) is 18.4 Å². The van der Waals surface area contributed by atoms with Crippen LogP contribution in [0.5, 0.6) is 0 Å². The number of rotatable bonds is 5. The number of nitrogens with one attached hydrogen (secondary N) is 1. The summed E-state index contributed by atoms with van der Waals surface area (Å²) >= 11 is 3.26. The Kier molecular flexibility index (Phi) is 5.15. The zero-order valence-electron chi connectivity index (χ0n) is 9.94. The monoisotopic (exact) mass is 314 g/mol. The fourth-order valence-electron chi connectivity index (χ4n) is 1.45. The lowest BCUT2D eigenvalue weighted by molar-refractivity contribution is -0.137. The number of halogens is 1. The topological polar surface area (TPSA) is 92.4 Å². The van der Waals surface area contributed by atoms with E-state index in [0.717, 1.165) is 4.47 Å². The molecule has 1 aromatic carbocycles. The van der Waals surface area contributed by atoms with Crippen LogP contribution < -0.4 is 11.1 Å². The number of nitrogens with two attached hydrogens (primary N) is 1. The van der Waals surface area contributed by atoms with Gasteiger partial charge in [0, 0.05) is 22.6 Å². The zero-order chi connectivity index (χ0) is 13.7. The van der Waals surface area contributed by atoms with Crippen molar-refractivity contribution >= 4 is 33.5 Å². The van der Waals surface area contributed by atoms with Crippen LogP contribution in [0, 0.1) is 0 Å². The predicted octanol–water partition coefficient (Wildman–Crippen LogP) is 2.01. The van der Waals surface area contributed by atoms with Gasteiger partial charge in [-0.3, -0.25) is 9.59 Å². The summed E-state index contributed by atoms with van der Waals surface area (Å²) in [6.07, 6.45) is 0.411. The number of carboxylic acid groups (broad SMARTS) is 1. The highest BCUT2D eigenvalue weighted by Gasteiger charge is 2.13. The molecule has 0 bridgehead atoms. The summed E-state index contributed by atoms with van der Waals surface area (Å²) in [5.74, 6) is -1.17. The summed E-state index contributed by atoms with van der Waals surface area (Å²) in [7, 11) is 0. The smallest absolute Gasteiger partial charge is 0.303 e. The van der Waals surface area contributed by atoms with Gasteiger partial charge in [0.1, 0.15) is 0 Å². The summed E-state index contributed by atoms with van der Waals surface area (Å²) < 4.78 is 0.801. The molecule has 1 atom stereocenters. The quantitative estimate of drug-likeness (QED) is 0.725. The Morgan fingerprint density at radius 2 is 2.17 bits per heavy atom. The number of hydrogen-bond donors (Lipinski definition) is 3. The third-order valence-electron chi connectivity index (χ3n) is 2.43. The number of hydrogen-bond acceptors (Lipinski definition) is 3. The molecule has 5 nitrogen and oxygen atoms in total. The minimum atomic E-state index is -0.876. The van der Waals surface area contributed by atoms with Gasteiger partial charge in [-0.1, -0.05) is 15.9 Å². The van der Waals surface area contributed by atoms with Gasteiger partial charge >= 0.3 is 5.97 Å². The molecule has 1 rings (SSSR count). The lowest BCUT2D eigenvalue weighted by atomic mass is 10.1. The van der Waals surface area contributed by atoms with E-state index in [1.807, 2.05) is 0 Å². The maximum atomic E-state index is 11.9. The molecule has 0 heterocycles. The van der Waals surface area contributed by atoms with Crippen molar-refractivity contribution in [1.29, 1.82) is 0 Å². The second-order valence-electron chi connectivity index (χ2n) is 4.04. The number of anilines is 1. The number of carbonyl (C=O) groups excluding carboxylic acids is 1. The van der Waals surface area contributed by atoms with Crippen LogP contribution in [0.15, 0.2) is 22.7 Å². The van der Waals surface area contributed by atoms with Gasteiger partial charge in [-0.2, -0.15) is 0 Å². The molecule has 4 N–H and O–H groups in total. The molecule has 1 unspecified atom stereocenters. The molecule has 18 heavy (non-hydrogen) atoms. The largest absolute Gasteiger partial charge is 0.481 e. The normalized spacial score (nSPS) is 11.9. The summed E-state index contributed by atoms with van der Waals surface area (Å²) in [5.41, 5.74) is 6.51.